The van der Waals surface area contributed by atoms with E-state index in [0.717, 1.165) is 34.8 Å². The van der Waals surface area contributed by atoms with Gasteiger partial charge in [0.15, 0.2) is 5.69 Å². The topological polar surface area (TPSA) is 67.2 Å². The third-order valence-electron chi connectivity index (χ3n) is 5.27. The summed E-state index contributed by atoms with van der Waals surface area (Å²) in [6, 6.07) is 14.8. The Labute approximate surface area is 182 Å². The van der Waals surface area contributed by atoms with Crippen molar-refractivity contribution in [1.82, 2.24) is 20.0 Å². The molecular weight excluding hydrogens is 421 g/mol. The number of carbonyl (C=O) groups is 2. The van der Waals surface area contributed by atoms with Crippen molar-refractivity contribution in [2.45, 2.75) is 32.1 Å². The van der Waals surface area contributed by atoms with Gasteiger partial charge in [-0.3, -0.25) is 9.59 Å². The molecule has 6 nitrogen and oxygen atoms in total. The first-order chi connectivity index (χ1) is 15.3. The largest absolute Gasteiger partial charge is 0.435 e. The summed E-state index contributed by atoms with van der Waals surface area (Å²) in [6.45, 7) is 1.49. The van der Waals surface area contributed by atoms with Crippen LogP contribution in [0.2, 0.25) is 0 Å². The molecule has 1 fully saturated rings. The number of hydrogen-bond donors (Lipinski definition) is 1. The number of amides is 2. The summed E-state index contributed by atoms with van der Waals surface area (Å²) in [4.78, 5) is 26.1. The average Bonchev–Trinajstić information content (AvgIpc) is 3.42. The maximum Gasteiger partial charge on any atom is 0.435 e. The Balaban J connectivity index is 1.35. The summed E-state index contributed by atoms with van der Waals surface area (Å²) in [5.41, 5.74) is 1.73. The van der Waals surface area contributed by atoms with E-state index < -0.39 is 11.9 Å². The van der Waals surface area contributed by atoms with E-state index in [1.165, 1.54) is 6.20 Å². The molecule has 32 heavy (non-hydrogen) atoms. The van der Waals surface area contributed by atoms with Crippen LogP contribution in [0.1, 0.15) is 40.0 Å². The van der Waals surface area contributed by atoms with Crippen molar-refractivity contribution in [3.8, 4) is 5.69 Å². The zero-order valence-electron chi connectivity index (χ0n) is 17.1. The molecule has 0 aliphatic carbocycles. The maximum atomic E-state index is 12.7. The van der Waals surface area contributed by atoms with Crippen LogP contribution in [0.3, 0.4) is 0 Å². The van der Waals surface area contributed by atoms with E-state index in [2.05, 4.69) is 10.4 Å². The number of alkyl halides is 3. The number of nitrogens with one attached hydrogen (secondary N) is 1. The second-order valence-corrected chi connectivity index (χ2v) is 7.61. The summed E-state index contributed by atoms with van der Waals surface area (Å²) < 4.78 is 39.3. The molecule has 0 spiro atoms. The van der Waals surface area contributed by atoms with E-state index in [0.29, 0.717) is 24.2 Å². The molecule has 1 aromatic heterocycles. The Hall–Kier alpha value is -3.62. The third-order valence-corrected chi connectivity index (χ3v) is 5.27. The van der Waals surface area contributed by atoms with Gasteiger partial charge in [0.1, 0.15) is 0 Å². The van der Waals surface area contributed by atoms with Crippen molar-refractivity contribution in [2.24, 2.45) is 0 Å². The molecule has 1 N–H and O–H groups in total. The highest BCUT2D eigenvalue weighted by atomic mass is 19.4. The van der Waals surface area contributed by atoms with Gasteiger partial charge >= 0.3 is 6.18 Å². The van der Waals surface area contributed by atoms with Gasteiger partial charge in [0.25, 0.3) is 5.91 Å². The molecule has 0 radical (unpaired) electrons. The quantitative estimate of drug-likeness (QED) is 0.629. The van der Waals surface area contributed by atoms with E-state index in [1.54, 1.807) is 47.4 Å². The number of halogens is 3. The number of benzene rings is 2. The minimum absolute atomic E-state index is 0.132. The summed E-state index contributed by atoms with van der Waals surface area (Å²) >= 11 is 0. The first-order valence-corrected chi connectivity index (χ1v) is 10.2. The van der Waals surface area contributed by atoms with Crippen molar-refractivity contribution in [2.75, 3.05) is 6.54 Å². The van der Waals surface area contributed by atoms with E-state index in [4.69, 9.17) is 0 Å². The lowest BCUT2D eigenvalue weighted by atomic mass is 10.1. The van der Waals surface area contributed by atoms with E-state index in [9.17, 15) is 22.8 Å². The van der Waals surface area contributed by atoms with Crippen LogP contribution >= 0.6 is 0 Å². The van der Waals surface area contributed by atoms with E-state index in [-0.39, 0.29) is 18.4 Å². The minimum Gasteiger partial charge on any atom is -0.348 e. The normalized spacial score (nSPS) is 14.1. The van der Waals surface area contributed by atoms with E-state index in [1.807, 2.05) is 6.07 Å². The first-order valence-electron chi connectivity index (χ1n) is 10.2. The molecule has 0 atom stereocenters. The van der Waals surface area contributed by atoms with Crippen LogP contribution in [0, 0.1) is 0 Å². The number of nitrogens with zero attached hydrogens (tertiary/aromatic N) is 3. The zero-order chi connectivity index (χ0) is 22.7. The molecule has 166 valence electrons. The maximum absolute atomic E-state index is 12.7. The predicted molar refractivity (Wildman–Crippen MR) is 111 cm³/mol. The molecule has 0 unspecified atom stereocenters. The van der Waals surface area contributed by atoms with Gasteiger partial charge in [-0.25, -0.2) is 4.68 Å². The van der Waals surface area contributed by atoms with Crippen LogP contribution in [-0.2, 0) is 24.1 Å². The molecular formula is C23H21F3N4O2. The standard InChI is InChI=1S/C23H21F3N4O2/c24-23(25,26)20-10-12-30(28-20)19-8-6-16(7-9-19)14-27-22(32)18-4-1-3-17(13-18)15-29-11-2-5-21(29)31/h1,3-4,6-10,12-13H,2,5,11,14-15H2,(H,27,32). The third kappa shape index (κ3) is 4.99. The summed E-state index contributed by atoms with van der Waals surface area (Å²) in [5, 5.41) is 6.38. The van der Waals surface area contributed by atoms with Crippen molar-refractivity contribution in [3.63, 3.8) is 0 Å². The van der Waals surface area contributed by atoms with Crippen molar-refractivity contribution < 1.29 is 22.8 Å². The Morgan fingerprint density at radius 2 is 1.84 bits per heavy atom. The van der Waals surface area contributed by atoms with Gasteiger partial charge in [0.05, 0.1) is 5.69 Å². The fraction of sp³-hybridized carbons (Fsp3) is 0.261. The molecule has 2 amide bonds. The summed E-state index contributed by atoms with van der Waals surface area (Å²) in [5.74, 6) is -0.112. The predicted octanol–water partition coefficient (Wildman–Crippen LogP) is 3.94. The van der Waals surface area contributed by atoms with Gasteiger partial charge in [0.2, 0.25) is 5.91 Å². The van der Waals surface area contributed by atoms with Crippen molar-refractivity contribution in [3.05, 3.63) is 83.2 Å². The van der Waals surface area contributed by atoms with Crippen LogP contribution in [0.25, 0.3) is 5.69 Å². The lowest BCUT2D eigenvalue weighted by Gasteiger charge is -2.16. The van der Waals surface area contributed by atoms with Crippen LogP contribution in [-0.4, -0.2) is 33.0 Å². The Morgan fingerprint density at radius 3 is 2.50 bits per heavy atom. The van der Waals surface area contributed by atoms with Crippen LogP contribution in [0.4, 0.5) is 13.2 Å². The Morgan fingerprint density at radius 1 is 1.06 bits per heavy atom. The monoisotopic (exact) mass is 442 g/mol. The Kier molecular flexibility index (Phi) is 5.98. The number of likely N-dealkylation sites (tertiary alicyclic amines) is 1. The van der Waals surface area contributed by atoms with Gasteiger partial charge in [0, 0.05) is 37.8 Å². The van der Waals surface area contributed by atoms with Gasteiger partial charge in [-0.05, 0) is 47.9 Å². The summed E-state index contributed by atoms with van der Waals surface area (Å²) in [6.07, 6.45) is -1.80. The highest BCUT2D eigenvalue weighted by Crippen LogP contribution is 2.27. The summed E-state index contributed by atoms with van der Waals surface area (Å²) in [7, 11) is 0. The zero-order valence-corrected chi connectivity index (χ0v) is 17.1. The number of carbonyl (C=O) groups excluding carboxylic acids is 2. The van der Waals surface area contributed by atoms with Gasteiger partial charge in [-0.2, -0.15) is 18.3 Å². The molecule has 0 saturated carbocycles. The number of hydrogen-bond acceptors (Lipinski definition) is 3. The molecule has 3 aromatic rings. The SMILES string of the molecule is O=C(NCc1ccc(-n2ccc(C(F)(F)F)n2)cc1)c1cccc(CN2CCCC2=O)c1. The molecule has 1 aliphatic rings. The second-order valence-electron chi connectivity index (χ2n) is 7.61. The van der Waals surface area contributed by atoms with Crippen LogP contribution < -0.4 is 5.32 Å². The molecule has 2 heterocycles. The molecule has 9 heteroatoms. The molecule has 4 rings (SSSR count). The molecule has 2 aromatic carbocycles. The number of aromatic nitrogens is 2. The molecule has 1 saturated heterocycles. The van der Waals surface area contributed by atoms with Gasteiger partial charge < -0.3 is 10.2 Å². The first kappa shape index (κ1) is 21.6. The molecule has 0 bridgehead atoms. The fourth-order valence-corrected chi connectivity index (χ4v) is 3.57. The Bertz CT molecular complexity index is 1120. The highest BCUT2D eigenvalue weighted by Gasteiger charge is 2.33. The van der Waals surface area contributed by atoms with Crippen molar-refractivity contribution >= 4 is 11.8 Å². The minimum atomic E-state index is -4.49. The average molecular weight is 442 g/mol. The van der Waals surface area contributed by atoms with Crippen molar-refractivity contribution in [1.29, 1.82) is 0 Å². The number of rotatable bonds is 6. The second kappa shape index (κ2) is 8.86. The molecule has 1 aliphatic heterocycles. The lowest BCUT2D eigenvalue weighted by Crippen LogP contribution is -2.25. The highest BCUT2D eigenvalue weighted by molar-refractivity contribution is 5.94. The lowest BCUT2D eigenvalue weighted by molar-refractivity contribution is -0.141. The fourth-order valence-electron chi connectivity index (χ4n) is 3.57. The smallest absolute Gasteiger partial charge is 0.348 e. The van der Waals surface area contributed by atoms with Crippen LogP contribution in [0.5, 0.6) is 0 Å². The van der Waals surface area contributed by atoms with Crippen LogP contribution in [0.15, 0.2) is 60.8 Å². The van der Waals surface area contributed by atoms with Gasteiger partial charge in [-0.1, -0.05) is 24.3 Å². The van der Waals surface area contributed by atoms with Gasteiger partial charge in [-0.15, -0.1) is 0 Å². The van der Waals surface area contributed by atoms with E-state index >= 15 is 0 Å².